The second-order valence-electron chi connectivity index (χ2n) is 10.1. The van der Waals surface area contributed by atoms with E-state index in [1.54, 1.807) is 23.2 Å². The highest BCUT2D eigenvalue weighted by molar-refractivity contribution is 7.81. The summed E-state index contributed by atoms with van der Waals surface area (Å²) in [6, 6.07) is 5.70. The fourth-order valence-electron chi connectivity index (χ4n) is 5.10. The summed E-state index contributed by atoms with van der Waals surface area (Å²) in [6.45, 7) is 3.92. The molecule has 194 valence electrons. The average Bonchev–Trinajstić information content (AvgIpc) is 3.07. The number of hydrogen-bond donors (Lipinski definition) is 0. The Morgan fingerprint density at radius 1 is 1.11 bits per heavy atom. The van der Waals surface area contributed by atoms with Crippen molar-refractivity contribution in [3.05, 3.63) is 41.9 Å². The molecule has 0 bridgehead atoms. The fraction of sp³-hybridized carbons (Fsp3) is 0.480. The predicted octanol–water partition coefficient (Wildman–Crippen LogP) is 4.29. The Labute approximate surface area is 217 Å². The van der Waals surface area contributed by atoms with Gasteiger partial charge in [-0.15, -0.1) is 0 Å². The molecule has 1 spiro atoms. The molecule has 2 aromatic heterocycles. The van der Waals surface area contributed by atoms with Crippen molar-refractivity contribution in [2.75, 3.05) is 29.9 Å². The minimum absolute atomic E-state index is 0.0436. The molecule has 3 aliphatic rings. The van der Waals surface area contributed by atoms with Crippen LogP contribution in [0.2, 0.25) is 0 Å². The van der Waals surface area contributed by atoms with Crippen LogP contribution < -0.4 is 14.5 Å². The number of alkyl halides is 3. The predicted molar refractivity (Wildman–Crippen MR) is 133 cm³/mol. The first-order valence-electron chi connectivity index (χ1n) is 12.0. The highest BCUT2D eigenvalue weighted by Crippen LogP contribution is 2.48. The molecule has 4 heterocycles. The minimum Gasteiger partial charge on any atom is -0.471 e. The van der Waals surface area contributed by atoms with Gasteiger partial charge in [-0.05, 0) is 70.4 Å². The summed E-state index contributed by atoms with van der Waals surface area (Å²) in [7, 11) is 2.07. The van der Waals surface area contributed by atoms with E-state index in [-0.39, 0.29) is 16.4 Å². The number of nitriles is 1. The van der Waals surface area contributed by atoms with E-state index in [2.05, 4.69) is 28.8 Å². The Bertz CT molecular complexity index is 1280. The maximum Gasteiger partial charge on any atom is 0.419 e. The maximum absolute atomic E-state index is 13.6. The van der Waals surface area contributed by atoms with Gasteiger partial charge in [-0.25, -0.2) is 9.97 Å². The van der Waals surface area contributed by atoms with Gasteiger partial charge < -0.3 is 14.5 Å². The second kappa shape index (κ2) is 8.92. The summed E-state index contributed by atoms with van der Waals surface area (Å²) < 4.78 is 46.9. The molecule has 1 amide bonds. The van der Waals surface area contributed by atoms with E-state index in [9.17, 15) is 18.0 Å². The molecule has 2 aromatic rings. The number of piperidine rings is 1. The van der Waals surface area contributed by atoms with Gasteiger partial charge in [0.05, 0.1) is 29.3 Å². The Balaban J connectivity index is 1.44. The van der Waals surface area contributed by atoms with E-state index in [1.807, 2.05) is 0 Å². The lowest BCUT2D eigenvalue weighted by Gasteiger charge is -2.43. The molecular weight excluding hydrogens is 505 g/mol. The van der Waals surface area contributed by atoms with Gasteiger partial charge in [0.25, 0.3) is 5.91 Å². The zero-order valence-electron chi connectivity index (χ0n) is 20.4. The molecule has 5 rings (SSSR count). The third kappa shape index (κ3) is 4.30. The Morgan fingerprint density at radius 3 is 2.32 bits per heavy atom. The minimum atomic E-state index is -4.81. The van der Waals surface area contributed by atoms with Gasteiger partial charge >= 0.3 is 6.18 Å². The normalized spacial score (nSPS) is 21.2. The number of carbonyl (C=O) groups excluding carboxylic acids is 1. The lowest BCUT2D eigenvalue weighted by Crippen LogP contribution is -2.55. The van der Waals surface area contributed by atoms with Crippen LogP contribution in [0.4, 0.5) is 24.5 Å². The zero-order valence-corrected chi connectivity index (χ0v) is 21.2. The first-order valence-corrected chi connectivity index (χ1v) is 12.4. The summed E-state index contributed by atoms with van der Waals surface area (Å²) >= 11 is 5.64. The average molecular weight is 531 g/mol. The number of thiocarbonyl (C=S) groups is 1. The van der Waals surface area contributed by atoms with Crippen LogP contribution >= 0.6 is 12.2 Å². The van der Waals surface area contributed by atoms with Crippen LogP contribution in [-0.4, -0.2) is 57.2 Å². The topological polar surface area (TPSA) is 85.6 Å². The van der Waals surface area contributed by atoms with Crippen LogP contribution in [0.1, 0.15) is 50.3 Å². The molecule has 37 heavy (non-hydrogen) atoms. The smallest absolute Gasteiger partial charge is 0.419 e. The van der Waals surface area contributed by atoms with Crippen molar-refractivity contribution in [3.63, 3.8) is 0 Å². The van der Waals surface area contributed by atoms with Crippen molar-refractivity contribution >= 4 is 34.6 Å². The molecule has 2 saturated heterocycles. The van der Waals surface area contributed by atoms with E-state index in [0.717, 1.165) is 49.5 Å². The monoisotopic (exact) mass is 530 g/mol. The van der Waals surface area contributed by atoms with E-state index < -0.39 is 28.9 Å². The summed E-state index contributed by atoms with van der Waals surface area (Å²) in [4.78, 5) is 26.7. The number of pyridine rings is 2. The standard InChI is InChI=1S/C25H25F3N6O2S/c1-23(8-10-32(2)11-9-23)36-20-5-4-16(14-31-20)34-22(37)33(21(35)24(34)6-3-7-24)17-12-18(25(26,27)28)19(13-29)30-15-17/h4-5,12,14-15H,3,6-11H2,1-2H3. The van der Waals surface area contributed by atoms with Crippen molar-refractivity contribution in [2.45, 2.75) is 56.3 Å². The van der Waals surface area contributed by atoms with Gasteiger partial charge in [0.1, 0.15) is 17.2 Å². The SMILES string of the molecule is CN1CCC(C)(Oc2ccc(N3C(=S)N(c4cnc(C#N)c(C(F)(F)F)c4)C(=O)C34CCC4)cn2)CC1. The number of halogens is 3. The Morgan fingerprint density at radius 2 is 1.78 bits per heavy atom. The number of nitrogens with zero attached hydrogens (tertiary/aromatic N) is 6. The second-order valence-corrected chi connectivity index (χ2v) is 10.4. The third-order valence-corrected chi connectivity index (χ3v) is 7.88. The summed E-state index contributed by atoms with van der Waals surface area (Å²) in [5.74, 6) is 0.0421. The molecule has 1 saturated carbocycles. The molecule has 1 aliphatic carbocycles. The molecule has 3 fully saturated rings. The fourth-order valence-corrected chi connectivity index (χ4v) is 5.57. The zero-order chi connectivity index (χ0) is 26.6. The van der Waals surface area contributed by atoms with Crippen molar-refractivity contribution in [3.8, 4) is 11.9 Å². The largest absolute Gasteiger partial charge is 0.471 e. The van der Waals surface area contributed by atoms with E-state index in [0.29, 0.717) is 24.4 Å². The first kappa shape index (κ1) is 25.4. The van der Waals surface area contributed by atoms with Gasteiger partial charge in [-0.1, -0.05) is 0 Å². The summed E-state index contributed by atoms with van der Waals surface area (Å²) in [6.07, 6.45) is 1.36. The number of carbonyl (C=O) groups is 1. The van der Waals surface area contributed by atoms with Crippen LogP contribution in [0.3, 0.4) is 0 Å². The van der Waals surface area contributed by atoms with Crippen molar-refractivity contribution in [1.29, 1.82) is 5.26 Å². The molecule has 0 atom stereocenters. The number of rotatable bonds is 4. The number of anilines is 2. The summed E-state index contributed by atoms with van der Waals surface area (Å²) in [5, 5.41) is 9.11. The van der Waals surface area contributed by atoms with Crippen molar-refractivity contribution < 1.29 is 22.7 Å². The van der Waals surface area contributed by atoms with Crippen molar-refractivity contribution in [2.24, 2.45) is 0 Å². The third-order valence-electron chi connectivity index (χ3n) is 7.51. The van der Waals surface area contributed by atoms with E-state index >= 15 is 0 Å². The molecule has 12 heteroatoms. The highest BCUT2D eigenvalue weighted by Gasteiger charge is 2.60. The van der Waals surface area contributed by atoms with Gasteiger partial charge in [-0.2, -0.15) is 18.4 Å². The van der Waals surface area contributed by atoms with E-state index in [4.69, 9.17) is 22.2 Å². The van der Waals surface area contributed by atoms with Crippen LogP contribution in [0.15, 0.2) is 30.6 Å². The lowest BCUT2D eigenvalue weighted by atomic mass is 9.75. The highest BCUT2D eigenvalue weighted by atomic mass is 32.1. The first-order chi connectivity index (χ1) is 17.5. The number of ether oxygens (including phenoxy) is 1. The number of amides is 1. The van der Waals surface area contributed by atoms with Gasteiger partial charge in [0, 0.05) is 19.2 Å². The number of hydrogen-bond acceptors (Lipinski definition) is 7. The molecule has 2 aliphatic heterocycles. The van der Waals surface area contributed by atoms with Crippen LogP contribution in [0.5, 0.6) is 5.88 Å². The number of likely N-dealkylation sites (tertiary alicyclic amines) is 1. The molecule has 0 aromatic carbocycles. The number of aromatic nitrogens is 2. The molecule has 8 nitrogen and oxygen atoms in total. The van der Waals surface area contributed by atoms with E-state index in [1.165, 1.54) is 6.07 Å². The molecular formula is C25H25F3N6O2S. The van der Waals surface area contributed by atoms with Gasteiger partial charge in [-0.3, -0.25) is 9.69 Å². The van der Waals surface area contributed by atoms with Crippen molar-refractivity contribution in [1.82, 2.24) is 14.9 Å². The molecule has 0 N–H and O–H groups in total. The Kier molecular flexibility index (Phi) is 6.11. The van der Waals surface area contributed by atoms with Crippen LogP contribution in [0.25, 0.3) is 0 Å². The summed E-state index contributed by atoms with van der Waals surface area (Å²) in [5.41, 5.74) is -2.87. The van der Waals surface area contributed by atoms with Crippen LogP contribution in [-0.2, 0) is 11.0 Å². The molecule has 0 radical (unpaired) electrons. The molecule has 0 unspecified atom stereocenters. The van der Waals surface area contributed by atoms with Gasteiger partial charge in [0.2, 0.25) is 5.88 Å². The van der Waals surface area contributed by atoms with Gasteiger partial charge in [0.15, 0.2) is 10.8 Å². The lowest BCUT2D eigenvalue weighted by molar-refractivity contribution is -0.138. The quantitative estimate of drug-likeness (QED) is 0.542. The Hall–Kier alpha value is -3.30. The van der Waals surface area contributed by atoms with Crippen LogP contribution in [0, 0.1) is 11.3 Å². The maximum atomic E-state index is 13.6.